The van der Waals surface area contributed by atoms with E-state index in [4.69, 9.17) is 9.79 Å². The lowest BCUT2D eigenvalue weighted by atomic mass is 10.2. The number of benzene rings is 1. The zero-order chi connectivity index (χ0) is 10.6. The Balaban J connectivity index is 2.57. The molecule has 14 heavy (non-hydrogen) atoms. The zero-order valence-electron chi connectivity index (χ0n) is 6.95. The van der Waals surface area contributed by atoms with Crippen LogP contribution in [-0.4, -0.2) is 15.7 Å². The molecule has 0 radical (unpaired) electrons. The molecule has 0 aliphatic rings. The number of rotatable bonds is 3. The van der Waals surface area contributed by atoms with Gasteiger partial charge in [-0.1, -0.05) is 18.2 Å². The van der Waals surface area contributed by atoms with Crippen molar-refractivity contribution in [2.24, 2.45) is 0 Å². The van der Waals surface area contributed by atoms with E-state index in [2.05, 4.69) is 4.72 Å². The first-order valence-corrected chi connectivity index (χ1v) is 6.62. The van der Waals surface area contributed by atoms with Crippen LogP contribution in [0.4, 0.5) is 0 Å². The molecule has 1 rings (SSSR count). The van der Waals surface area contributed by atoms with Crippen molar-refractivity contribution < 1.29 is 19.1 Å². The van der Waals surface area contributed by atoms with Gasteiger partial charge in [0.2, 0.25) is 0 Å². The van der Waals surface area contributed by atoms with Crippen LogP contribution in [-0.2, 0) is 4.57 Å². The monoisotopic (exact) mass is 233 g/mol. The van der Waals surface area contributed by atoms with E-state index in [1.165, 1.54) is 0 Å². The minimum atomic E-state index is -4.26. The molecule has 3 N–H and O–H groups in total. The topological polar surface area (TPSA) is 86.6 Å². The van der Waals surface area contributed by atoms with Crippen molar-refractivity contribution in [1.82, 2.24) is 4.72 Å². The molecule has 1 aromatic rings. The van der Waals surface area contributed by atoms with Crippen molar-refractivity contribution >= 4 is 24.3 Å². The first-order chi connectivity index (χ1) is 6.49. The minimum Gasteiger partial charge on any atom is -0.315 e. The van der Waals surface area contributed by atoms with Gasteiger partial charge in [0.05, 0.1) is 11.6 Å². The van der Waals surface area contributed by atoms with Gasteiger partial charge in [-0.2, -0.15) is 0 Å². The molecule has 0 aliphatic carbocycles. The van der Waals surface area contributed by atoms with Crippen LogP contribution in [0.25, 0.3) is 0 Å². The summed E-state index contributed by atoms with van der Waals surface area (Å²) in [4.78, 5) is 28.2. The molecule has 0 heterocycles. The highest BCUT2D eigenvalue weighted by Gasteiger charge is 2.16. The quantitative estimate of drug-likeness (QED) is 0.538. The lowest BCUT2D eigenvalue weighted by Gasteiger charge is -2.04. The summed E-state index contributed by atoms with van der Waals surface area (Å²) >= 11 is 0.104. The van der Waals surface area contributed by atoms with Gasteiger partial charge < -0.3 is 9.79 Å². The van der Waals surface area contributed by atoms with Gasteiger partial charge in [-0.05, 0) is 12.1 Å². The van der Waals surface area contributed by atoms with E-state index in [1.807, 2.05) is 0 Å². The molecule has 76 valence electrons. The largest absolute Gasteiger partial charge is 0.404 e. The standard InChI is InChI=1S/C7H8NO4PS/c9-7(8-14-13(10,11)12)6-4-2-1-3-5-6/h1-5H,(H,8,9)(H2,10,11,12). The lowest BCUT2D eigenvalue weighted by molar-refractivity contribution is 0.0984. The second-order valence-corrected chi connectivity index (χ2v) is 5.72. The van der Waals surface area contributed by atoms with Crippen LogP contribution < -0.4 is 4.72 Å². The molecule has 0 fully saturated rings. The van der Waals surface area contributed by atoms with Gasteiger partial charge in [-0.15, -0.1) is 0 Å². The molecule has 0 aliphatic heterocycles. The molecule has 1 amide bonds. The summed E-state index contributed by atoms with van der Waals surface area (Å²) in [5.41, 5.74) is 0.355. The molecule has 0 spiro atoms. The predicted octanol–water partition coefficient (Wildman–Crippen LogP) is 1.16. The molecular formula is C7H8NO4PS. The van der Waals surface area contributed by atoms with E-state index in [-0.39, 0.29) is 11.6 Å². The first-order valence-electron chi connectivity index (χ1n) is 3.58. The highest BCUT2D eigenvalue weighted by molar-refractivity contribution is 8.53. The maximum atomic E-state index is 11.2. The highest BCUT2D eigenvalue weighted by atomic mass is 32.7. The Morgan fingerprint density at radius 2 is 1.86 bits per heavy atom. The number of carbonyl (C=O) groups excluding carboxylic acids is 1. The van der Waals surface area contributed by atoms with E-state index in [1.54, 1.807) is 30.3 Å². The fourth-order valence-electron chi connectivity index (χ4n) is 0.749. The predicted molar refractivity (Wildman–Crippen MR) is 53.5 cm³/mol. The van der Waals surface area contributed by atoms with Gasteiger partial charge in [0.25, 0.3) is 5.91 Å². The van der Waals surface area contributed by atoms with E-state index < -0.39 is 12.7 Å². The maximum absolute atomic E-state index is 11.2. The second kappa shape index (κ2) is 4.61. The summed E-state index contributed by atoms with van der Waals surface area (Å²) in [6.07, 6.45) is 0. The molecule has 0 saturated heterocycles. The molecule has 0 bridgehead atoms. The molecule has 0 saturated carbocycles. The zero-order valence-corrected chi connectivity index (χ0v) is 8.66. The Morgan fingerprint density at radius 1 is 1.29 bits per heavy atom. The second-order valence-electron chi connectivity index (χ2n) is 2.38. The summed E-state index contributed by atoms with van der Waals surface area (Å²) < 4.78 is 12.5. The van der Waals surface area contributed by atoms with Gasteiger partial charge in [-0.25, -0.2) is 4.57 Å². The Labute approximate surface area is 84.6 Å². The SMILES string of the molecule is O=C(NSP(=O)(O)O)c1ccccc1. The van der Waals surface area contributed by atoms with Crippen LogP contribution in [0.3, 0.4) is 0 Å². The number of hydrogen-bond donors (Lipinski definition) is 3. The third-order valence-corrected chi connectivity index (χ3v) is 2.80. The van der Waals surface area contributed by atoms with Crippen LogP contribution in [0, 0.1) is 0 Å². The summed E-state index contributed by atoms with van der Waals surface area (Å²) in [6, 6.07) is 8.17. The van der Waals surface area contributed by atoms with Crippen molar-refractivity contribution in [1.29, 1.82) is 0 Å². The molecule has 0 unspecified atom stereocenters. The van der Waals surface area contributed by atoms with Gasteiger partial charge in [0.1, 0.15) is 0 Å². The Morgan fingerprint density at radius 3 is 2.36 bits per heavy atom. The summed E-state index contributed by atoms with van der Waals surface area (Å²) in [7, 11) is 0. The van der Waals surface area contributed by atoms with E-state index in [9.17, 15) is 9.36 Å². The average molecular weight is 233 g/mol. The van der Waals surface area contributed by atoms with Crippen LogP contribution in [0.2, 0.25) is 0 Å². The Bertz CT molecular complexity index is 363. The molecule has 0 atom stereocenters. The Hall–Kier alpha value is -0.810. The first kappa shape index (κ1) is 11.3. The Kier molecular flexibility index (Phi) is 3.71. The normalized spacial score (nSPS) is 11.0. The minimum absolute atomic E-state index is 0.104. The van der Waals surface area contributed by atoms with Crippen LogP contribution in [0.5, 0.6) is 0 Å². The molecule has 1 aromatic carbocycles. The van der Waals surface area contributed by atoms with E-state index in [0.29, 0.717) is 5.56 Å². The number of nitrogens with one attached hydrogen (secondary N) is 1. The fourth-order valence-corrected chi connectivity index (χ4v) is 1.67. The molecular weight excluding hydrogens is 225 g/mol. The average Bonchev–Trinajstić information content (AvgIpc) is 2.14. The van der Waals surface area contributed by atoms with Gasteiger partial charge in [-0.3, -0.25) is 9.52 Å². The van der Waals surface area contributed by atoms with Gasteiger partial charge in [0.15, 0.2) is 0 Å². The highest BCUT2D eigenvalue weighted by Crippen LogP contribution is 2.47. The smallest absolute Gasteiger partial charge is 0.315 e. The van der Waals surface area contributed by atoms with Crippen molar-refractivity contribution in [3.8, 4) is 0 Å². The van der Waals surface area contributed by atoms with E-state index in [0.717, 1.165) is 0 Å². The molecule has 7 heteroatoms. The van der Waals surface area contributed by atoms with Crippen molar-refractivity contribution in [3.63, 3.8) is 0 Å². The van der Waals surface area contributed by atoms with Crippen molar-refractivity contribution in [2.75, 3.05) is 0 Å². The number of hydrogen-bond acceptors (Lipinski definition) is 3. The van der Waals surface area contributed by atoms with E-state index >= 15 is 0 Å². The fraction of sp³-hybridized carbons (Fsp3) is 0. The van der Waals surface area contributed by atoms with Crippen LogP contribution in [0.15, 0.2) is 30.3 Å². The van der Waals surface area contributed by atoms with Crippen molar-refractivity contribution in [3.05, 3.63) is 35.9 Å². The third kappa shape index (κ3) is 3.93. The van der Waals surface area contributed by atoms with Crippen LogP contribution in [0.1, 0.15) is 10.4 Å². The van der Waals surface area contributed by atoms with Gasteiger partial charge in [0, 0.05) is 5.56 Å². The summed E-state index contributed by atoms with van der Waals surface area (Å²) in [6.45, 7) is -4.26. The lowest BCUT2D eigenvalue weighted by Crippen LogP contribution is -2.15. The number of carbonyl (C=O) groups is 1. The third-order valence-electron chi connectivity index (χ3n) is 1.29. The van der Waals surface area contributed by atoms with Gasteiger partial charge >= 0.3 is 6.80 Å². The maximum Gasteiger partial charge on any atom is 0.404 e. The number of amides is 1. The summed E-state index contributed by atoms with van der Waals surface area (Å²) in [5.74, 6) is -0.529. The van der Waals surface area contributed by atoms with Crippen LogP contribution >= 0.6 is 18.4 Å². The van der Waals surface area contributed by atoms with Crippen molar-refractivity contribution in [2.45, 2.75) is 0 Å². The molecule has 5 nitrogen and oxygen atoms in total. The summed E-state index contributed by atoms with van der Waals surface area (Å²) in [5, 5.41) is 0. The molecule has 0 aromatic heterocycles.